The van der Waals surface area contributed by atoms with E-state index in [4.69, 9.17) is 0 Å². The average molecular weight is 233 g/mol. The number of aliphatic hydroxyl groups is 1. The maximum atomic E-state index is 12.2. The molecule has 1 saturated heterocycles. The minimum atomic E-state index is 0.00773. The Morgan fingerprint density at radius 2 is 2.12 bits per heavy atom. The van der Waals surface area contributed by atoms with Crippen molar-refractivity contribution in [1.82, 2.24) is 4.90 Å². The van der Waals surface area contributed by atoms with E-state index in [1.54, 1.807) is 4.90 Å². The molecule has 17 heavy (non-hydrogen) atoms. The van der Waals surface area contributed by atoms with Crippen LogP contribution < -0.4 is 0 Å². The normalized spacial score (nSPS) is 19.6. The van der Waals surface area contributed by atoms with E-state index in [0.717, 1.165) is 31.4 Å². The molecule has 1 aliphatic heterocycles. The Labute approximate surface area is 102 Å². The molecule has 1 atom stereocenters. The molecule has 0 aromatic heterocycles. The van der Waals surface area contributed by atoms with E-state index in [1.165, 1.54) is 5.56 Å². The summed E-state index contributed by atoms with van der Waals surface area (Å²) in [5.74, 6) is 0.0456. The molecule has 1 aromatic rings. The summed E-state index contributed by atoms with van der Waals surface area (Å²) >= 11 is 0. The summed E-state index contributed by atoms with van der Waals surface area (Å²) in [6.45, 7) is 2.93. The summed E-state index contributed by atoms with van der Waals surface area (Å²) in [4.78, 5) is 14.0. The molecule has 0 saturated carbocycles. The molecule has 3 heteroatoms. The lowest BCUT2D eigenvalue weighted by molar-refractivity contribution is 0.0677. The van der Waals surface area contributed by atoms with Crippen LogP contribution in [0.1, 0.15) is 35.7 Å². The van der Waals surface area contributed by atoms with Crippen LogP contribution in [0.5, 0.6) is 0 Å². The number of likely N-dealkylation sites (tertiary alicyclic amines) is 1. The molecular formula is C14H19NO2. The van der Waals surface area contributed by atoms with Crippen LogP contribution >= 0.6 is 0 Å². The summed E-state index contributed by atoms with van der Waals surface area (Å²) < 4.78 is 0. The number of hydrogen-bond acceptors (Lipinski definition) is 2. The first-order valence-corrected chi connectivity index (χ1v) is 6.27. The van der Waals surface area contributed by atoms with E-state index in [-0.39, 0.29) is 18.6 Å². The van der Waals surface area contributed by atoms with Gasteiger partial charge in [-0.25, -0.2) is 0 Å². The van der Waals surface area contributed by atoms with Crippen molar-refractivity contribution in [2.24, 2.45) is 0 Å². The van der Waals surface area contributed by atoms with Gasteiger partial charge in [0.2, 0.25) is 0 Å². The highest BCUT2D eigenvalue weighted by Crippen LogP contribution is 2.19. The molecule has 1 aromatic carbocycles. The molecule has 0 bridgehead atoms. The van der Waals surface area contributed by atoms with Gasteiger partial charge in [0.05, 0.1) is 12.6 Å². The van der Waals surface area contributed by atoms with Crippen molar-refractivity contribution >= 4 is 5.91 Å². The second kappa shape index (κ2) is 5.32. The van der Waals surface area contributed by atoms with Gasteiger partial charge in [-0.1, -0.05) is 19.1 Å². The van der Waals surface area contributed by atoms with E-state index < -0.39 is 0 Å². The van der Waals surface area contributed by atoms with Gasteiger partial charge in [-0.15, -0.1) is 0 Å². The summed E-state index contributed by atoms with van der Waals surface area (Å²) in [6.07, 6.45) is 2.89. The molecular weight excluding hydrogens is 214 g/mol. The Hall–Kier alpha value is -1.35. The predicted molar refractivity (Wildman–Crippen MR) is 67.0 cm³/mol. The molecule has 0 radical (unpaired) electrons. The Bertz CT molecular complexity index is 386. The number of benzene rings is 1. The fourth-order valence-corrected chi connectivity index (χ4v) is 2.34. The molecule has 0 aliphatic carbocycles. The molecule has 92 valence electrons. The number of carbonyl (C=O) groups excluding carboxylic acids is 1. The predicted octanol–water partition coefficient (Wildman–Crippen LogP) is 1.85. The van der Waals surface area contributed by atoms with Crippen LogP contribution in [0.4, 0.5) is 0 Å². The highest BCUT2D eigenvalue weighted by molar-refractivity contribution is 5.94. The van der Waals surface area contributed by atoms with Crippen LogP contribution in [0, 0.1) is 0 Å². The third-order valence-corrected chi connectivity index (χ3v) is 3.46. The van der Waals surface area contributed by atoms with Crippen LogP contribution in [-0.2, 0) is 6.42 Å². The molecule has 0 unspecified atom stereocenters. The standard InChI is InChI=1S/C14H19NO2/c1-2-11-5-7-12(8-6-11)14(17)15-9-3-4-13(15)10-16/h5-8,13,16H,2-4,9-10H2,1H3/t13-/m0/s1. The number of amides is 1. The molecule has 2 rings (SSSR count). The van der Waals surface area contributed by atoms with Crippen molar-refractivity contribution in [2.45, 2.75) is 32.2 Å². The van der Waals surface area contributed by atoms with Crippen molar-refractivity contribution in [3.05, 3.63) is 35.4 Å². The first-order chi connectivity index (χ1) is 8.26. The van der Waals surface area contributed by atoms with Gasteiger partial charge in [-0.3, -0.25) is 4.79 Å². The molecule has 1 aliphatic rings. The van der Waals surface area contributed by atoms with Gasteiger partial charge in [0, 0.05) is 12.1 Å². The lowest BCUT2D eigenvalue weighted by Crippen LogP contribution is -2.37. The van der Waals surface area contributed by atoms with Crippen LogP contribution in [0.15, 0.2) is 24.3 Å². The third kappa shape index (κ3) is 2.50. The second-order valence-electron chi connectivity index (χ2n) is 4.53. The number of aliphatic hydroxyl groups excluding tert-OH is 1. The first-order valence-electron chi connectivity index (χ1n) is 6.27. The highest BCUT2D eigenvalue weighted by atomic mass is 16.3. The largest absolute Gasteiger partial charge is 0.394 e. The van der Waals surface area contributed by atoms with Gasteiger partial charge in [0.15, 0.2) is 0 Å². The third-order valence-electron chi connectivity index (χ3n) is 3.46. The Kier molecular flexibility index (Phi) is 3.79. The van der Waals surface area contributed by atoms with Crippen molar-refractivity contribution in [3.8, 4) is 0 Å². The van der Waals surface area contributed by atoms with E-state index >= 15 is 0 Å². The van der Waals surface area contributed by atoms with E-state index in [2.05, 4.69) is 6.92 Å². The minimum absolute atomic E-state index is 0.00773. The SMILES string of the molecule is CCc1ccc(C(=O)N2CCC[C@H]2CO)cc1. The van der Waals surface area contributed by atoms with Crippen LogP contribution in [0.2, 0.25) is 0 Å². The number of hydrogen-bond donors (Lipinski definition) is 1. The zero-order valence-electron chi connectivity index (χ0n) is 10.2. The van der Waals surface area contributed by atoms with Crippen molar-refractivity contribution in [3.63, 3.8) is 0 Å². The van der Waals surface area contributed by atoms with E-state index in [9.17, 15) is 9.90 Å². The van der Waals surface area contributed by atoms with Crippen molar-refractivity contribution in [1.29, 1.82) is 0 Å². The molecule has 1 amide bonds. The Morgan fingerprint density at radius 1 is 1.41 bits per heavy atom. The smallest absolute Gasteiger partial charge is 0.254 e. The molecule has 1 heterocycles. The average Bonchev–Trinajstić information content (AvgIpc) is 2.86. The van der Waals surface area contributed by atoms with Gasteiger partial charge in [-0.05, 0) is 37.0 Å². The zero-order valence-corrected chi connectivity index (χ0v) is 10.2. The van der Waals surface area contributed by atoms with E-state index in [1.807, 2.05) is 24.3 Å². The zero-order chi connectivity index (χ0) is 12.3. The Morgan fingerprint density at radius 3 is 2.71 bits per heavy atom. The van der Waals surface area contributed by atoms with Gasteiger partial charge >= 0.3 is 0 Å². The maximum Gasteiger partial charge on any atom is 0.254 e. The van der Waals surface area contributed by atoms with Crippen LogP contribution in [0.3, 0.4) is 0 Å². The molecule has 1 fully saturated rings. The monoisotopic (exact) mass is 233 g/mol. The fourth-order valence-electron chi connectivity index (χ4n) is 2.34. The lowest BCUT2D eigenvalue weighted by Gasteiger charge is -2.23. The lowest BCUT2D eigenvalue weighted by atomic mass is 10.1. The number of carbonyl (C=O) groups is 1. The second-order valence-corrected chi connectivity index (χ2v) is 4.53. The molecule has 0 spiro atoms. The Balaban J connectivity index is 2.13. The topological polar surface area (TPSA) is 40.5 Å². The van der Waals surface area contributed by atoms with Gasteiger partial charge in [-0.2, -0.15) is 0 Å². The maximum absolute atomic E-state index is 12.2. The van der Waals surface area contributed by atoms with Crippen molar-refractivity contribution < 1.29 is 9.90 Å². The fraction of sp³-hybridized carbons (Fsp3) is 0.500. The van der Waals surface area contributed by atoms with Gasteiger partial charge in [0.1, 0.15) is 0 Å². The molecule has 1 N–H and O–H groups in total. The number of rotatable bonds is 3. The molecule has 3 nitrogen and oxygen atoms in total. The van der Waals surface area contributed by atoms with Crippen LogP contribution in [-0.4, -0.2) is 35.1 Å². The summed E-state index contributed by atoms with van der Waals surface area (Å²) in [5, 5.41) is 9.22. The minimum Gasteiger partial charge on any atom is -0.394 e. The summed E-state index contributed by atoms with van der Waals surface area (Å²) in [5.41, 5.74) is 1.96. The summed E-state index contributed by atoms with van der Waals surface area (Å²) in [7, 11) is 0. The number of nitrogens with zero attached hydrogens (tertiary/aromatic N) is 1. The van der Waals surface area contributed by atoms with Gasteiger partial charge in [0.25, 0.3) is 5.91 Å². The van der Waals surface area contributed by atoms with Crippen molar-refractivity contribution in [2.75, 3.05) is 13.2 Å². The van der Waals surface area contributed by atoms with Gasteiger partial charge < -0.3 is 10.0 Å². The quantitative estimate of drug-likeness (QED) is 0.865. The van der Waals surface area contributed by atoms with E-state index in [0.29, 0.717) is 0 Å². The summed E-state index contributed by atoms with van der Waals surface area (Å²) in [6, 6.07) is 7.77. The highest BCUT2D eigenvalue weighted by Gasteiger charge is 2.28. The first kappa shape index (κ1) is 12.1. The number of aryl methyl sites for hydroxylation is 1. The van der Waals surface area contributed by atoms with Crippen LogP contribution in [0.25, 0.3) is 0 Å².